The molecule has 1 N–H and O–H groups in total. The van der Waals surface area contributed by atoms with Crippen LogP contribution in [0.3, 0.4) is 0 Å². The van der Waals surface area contributed by atoms with E-state index in [0.29, 0.717) is 6.54 Å². The third kappa shape index (κ3) is 2.67. The molecule has 0 radical (unpaired) electrons. The van der Waals surface area contributed by atoms with Crippen molar-refractivity contribution in [1.29, 1.82) is 0 Å². The highest BCUT2D eigenvalue weighted by Crippen LogP contribution is 2.22. The molecule has 3 aromatic heterocycles. The molecule has 0 amide bonds. The molecule has 0 aliphatic heterocycles. The second kappa shape index (κ2) is 5.11. The molecule has 0 aromatic carbocycles. The zero-order valence-electron chi connectivity index (χ0n) is 10.9. The average molecular weight is 273 g/mol. The van der Waals surface area contributed by atoms with Crippen molar-refractivity contribution in [3.05, 3.63) is 47.1 Å². The summed E-state index contributed by atoms with van der Waals surface area (Å²) in [5, 5.41) is 5.46. The van der Waals surface area contributed by atoms with E-state index in [1.807, 2.05) is 19.2 Å². The molecular formula is C14H15N3OS. The third-order valence-corrected chi connectivity index (χ3v) is 3.91. The summed E-state index contributed by atoms with van der Waals surface area (Å²) in [6.45, 7) is 4.64. The molecule has 4 nitrogen and oxygen atoms in total. The quantitative estimate of drug-likeness (QED) is 0.791. The predicted molar refractivity (Wildman–Crippen MR) is 76.1 cm³/mol. The second-order valence-electron chi connectivity index (χ2n) is 4.54. The van der Waals surface area contributed by atoms with E-state index in [2.05, 4.69) is 33.7 Å². The first-order valence-corrected chi connectivity index (χ1v) is 7.08. The first-order valence-electron chi connectivity index (χ1n) is 6.20. The summed E-state index contributed by atoms with van der Waals surface area (Å²) in [4.78, 5) is 8.63. The third-order valence-electron chi connectivity index (χ3n) is 3.05. The van der Waals surface area contributed by atoms with Crippen molar-refractivity contribution in [2.75, 3.05) is 0 Å². The molecule has 0 saturated carbocycles. The topological polar surface area (TPSA) is 51.0 Å². The Morgan fingerprint density at radius 2 is 2.26 bits per heavy atom. The van der Waals surface area contributed by atoms with Crippen LogP contribution in [0.5, 0.6) is 0 Å². The van der Waals surface area contributed by atoms with Crippen LogP contribution in [0.1, 0.15) is 30.2 Å². The van der Waals surface area contributed by atoms with E-state index in [4.69, 9.17) is 4.42 Å². The van der Waals surface area contributed by atoms with E-state index < -0.39 is 0 Å². The van der Waals surface area contributed by atoms with E-state index in [-0.39, 0.29) is 6.04 Å². The van der Waals surface area contributed by atoms with Gasteiger partial charge in [0.25, 0.3) is 0 Å². The highest BCUT2D eigenvalue weighted by molar-refractivity contribution is 7.17. The molecule has 1 atom stereocenters. The van der Waals surface area contributed by atoms with E-state index in [9.17, 15) is 0 Å². The number of rotatable bonds is 4. The molecule has 19 heavy (non-hydrogen) atoms. The lowest BCUT2D eigenvalue weighted by molar-refractivity contribution is 0.432. The van der Waals surface area contributed by atoms with Gasteiger partial charge in [0.15, 0.2) is 0 Å². The Bertz CT molecular complexity index is 689. The molecule has 3 rings (SSSR count). The van der Waals surface area contributed by atoms with Crippen LogP contribution in [-0.2, 0) is 6.54 Å². The maximum Gasteiger partial charge on any atom is 0.208 e. The lowest BCUT2D eigenvalue weighted by Gasteiger charge is -2.12. The zero-order valence-corrected chi connectivity index (χ0v) is 11.7. The number of nitrogens with one attached hydrogen (secondary N) is 1. The van der Waals surface area contributed by atoms with Gasteiger partial charge < -0.3 is 9.73 Å². The summed E-state index contributed by atoms with van der Waals surface area (Å²) in [7, 11) is 0. The van der Waals surface area contributed by atoms with Gasteiger partial charge in [0.2, 0.25) is 5.89 Å². The molecule has 0 bridgehead atoms. The monoisotopic (exact) mass is 273 g/mol. The predicted octanol–water partition coefficient (Wildman–Crippen LogP) is 3.44. The summed E-state index contributed by atoms with van der Waals surface area (Å²) in [5.74, 6) is 1.56. The fraction of sp³-hybridized carbons (Fsp3) is 0.286. The van der Waals surface area contributed by atoms with Crippen LogP contribution in [0, 0.1) is 6.92 Å². The van der Waals surface area contributed by atoms with Crippen molar-refractivity contribution in [2.45, 2.75) is 26.4 Å². The molecule has 98 valence electrons. The van der Waals surface area contributed by atoms with Crippen LogP contribution >= 0.6 is 11.3 Å². The molecule has 0 saturated heterocycles. The van der Waals surface area contributed by atoms with Crippen LogP contribution in [0.15, 0.2) is 34.3 Å². The fourth-order valence-corrected chi connectivity index (χ4v) is 2.73. The Kier molecular flexibility index (Phi) is 3.31. The molecule has 0 aliphatic rings. The number of hydrogen-bond acceptors (Lipinski definition) is 5. The van der Waals surface area contributed by atoms with Gasteiger partial charge in [0, 0.05) is 12.2 Å². The van der Waals surface area contributed by atoms with E-state index in [0.717, 1.165) is 17.2 Å². The maximum atomic E-state index is 5.44. The first kappa shape index (κ1) is 12.3. The Balaban J connectivity index is 1.70. The normalized spacial score (nSPS) is 12.9. The molecule has 0 spiro atoms. The van der Waals surface area contributed by atoms with Gasteiger partial charge in [-0.2, -0.15) is 0 Å². The Morgan fingerprint density at radius 3 is 3.05 bits per heavy atom. The number of oxazole rings is 1. The van der Waals surface area contributed by atoms with Crippen LogP contribution in [0.4, 0.5) is 0 Å². The van der Waals surface area contributed by atoms with Gasteiger partial charge in [-0.3, -0.25) is 4.98 Å². The molecule has 0 aliphatic carbocycles. The average Bonchev–Trinajstić information content (AvgIpc) is 3.03. The number of aryl methyl sites for hydroxylation is 1. The summed E-state index contributed by atoms with van der Waals surface area (Å²) in [5.41, 5.74) is 2.24. The number of aromatic nitrogens is 2. The Hall–Kier alpha value is -1.72. The van der Waals surface area contributed by atoms with Crippen LogP contribution < -0.4 is 5.32 Å². The standard InChI is InChI=1S/C14H15N3OS/c1-9-6-17-14(18-9)8-15-10(2)11-5-13-12(16-7-11)3-4-19-13/h3-7,10,15H,8H2,1-2H3. The number of fused-ring (bicyclic) bond motifs is 1. The van der Waals surface area contributed by atoms with Gasteiger partial charge in [-0.05, 0) is 36.9 Å². The van der Waals surface area contributed by atoms with Gasteiger partial charge in [-0.1, -0.05) is 0 Å². The zero-order chi connectivity index (χ0) is 13.2. The van der Waals surface area contributed by atoms with Gasteiger partial charge in [-0.25, -0.2) is 4.98 Å². The van der Waals surface area contributed by atoms with Crippen molar-refractivity contribution in [2.24, 2.45) is 0 Å². The van der Waals surface area contributed by atoms with Gasteiger partial charge in [0.1, 0.15) is 5.76 Å². The van der Waals surface area contributed by atoms with E-state index >= 15 is 0 Å². The minimum absolute atomic E-state index is 0.214. The lowest BCUT2D eigenvalue weighted by atomic mass is 10.1. The Labute approximate surface area is 115 Å². The largest absolute Gasteiger partial charge is 0.445 e. The van der Waals surface area contributed by atoms with Gasteiger partial charge in [0.05, 0.1) is 23.0 Å². The summed E-state index contributed by atoms with van der Waals surface area (Å²) >= 11 is 1.72. The van der Waals surface area contributed by atoms with Crippen LogP contribution in [0.25, 0.3) is 10.2 Å². The van der Waals surface area contributed by atoms with Crippen LogP contribution in [-0.4, -0.2) is 9.97 Å². The highest BCUT2D eigenvalue weighted by atomic mass is 32.1. The van der Waals surface area contributed by atoms with Crippen molar-refractivity contribution < 1.29 is 4.42 Å². The van der Waals surface area contributed by atoms with E-state index in [1.165, 1.54) is 10.3 Å². The first-order chi connectivity index (χ1) is 9.22. The summed E-state index contributed by atoms with van der Waals surface area (Å²) in [6.07, 6.45) is 3.66. The van der Waals surface area contributed by atoms with Crippen molar-refractivity contribution in [3.8, 4) is 0 Å². The number of hydrogen-bond donors (Lipinski definition) is 1. The molecule has 3 heterocycles. The highest BCUT2D eigenvalue weighted by Gasteiger charge is 2.09. The molecule has 3 aromatic rings. The lowest BCUT2D eigenvalue weighted by Crippen LogP contribution is -2.18. The van der Waals surface area contributed by atoms with Crippen molar-refractivity contribution >= 4 is 21.6 Å². The molecule has 0 fully saturated rings. The Morgan fingerprint density at radius 1 is 1.37 bits per heavy atom. The SMILES string of the molecule is Cc1cnc(CNC(C)c2cnc3ccsc3c2)o1. The molecular weight excluding hydrogens is 258 g/mol. The maximum absolute atomic E-state index is 5.44. The van der Waals surface area contributed by atoms with Crippen molar-refractivity contribution in [3.63, 3.8) is 0 Å². The minimum atomic E-state index is 0.214. The minimum Gasteiger partial charge on any atom is -0.445 e. The molecule has 1 unspecified atom stereocenters. The van der Waals surface area contributed by atoms with Crippen LogP contribution in [0.2, 0.25) is 0 Å². The summed E-state index contributed by atoms with van der Waals surface area (Å²) < 4.78 is 6.66. The molecule has 5 heteroatoms. The summed E-state index contributed by atoms with van der Waals surface area (Å²) in [6, 6.07) is 4.44. The van der Waals surface area contributed by atoms with Gasteiger partial charge >= 0.3 is 0 Å². The fourth-order valence-electron chi connectivity index (χ4n) is 1.94. The second-order valence-corrected chi connectivity index (χ2v) is 5.49. The smallest absolute Gasteiger partial charge is 0.208 e. The number of pyridine rings is 1. The van der Waals surface area contributed by atoms with E-state index in [1.54, 1.807) is 17.5 Å². The number of nitrogens with zero attached hydrogens (tertiary/aromatic N) is 2. The number of thiophene rings is 1. The van der Waals surface area contributed by atoms with Crippen molar-refractivity contribution in [1.82, 2.24) is 15.3 Å². The van der Waals surface area contributed by atoms with Gasteiger partial charge in [-0.15, -0.1) is 11.3 Å².